The van der Waals surface area contributed by atoms with E-state index in [2.05, 4.69) is 62.8 Å². The van der Waals surface area contributed by atoms with Gasteiger partial charge < -0.3 is 10.2 Å². The highest BCUT2D eigenvalue weighted by Gasteiger charge is 2.29. The molecule has 0 bridgehead atoms. The van der Waals surface area contributed by atoms with Gasteiger partial charge in [0.1, 0.15) is 6.17 Å². The van der Waals surface area contributed by atoms with E-state index in [1.54, 1.807) is 12.1 Å². The minimum atomic E-state index is -0.886. The van der Waals surface area contributed by atoms with Crippen molar-refractivity contribution in [1.29, 1.82) is 0 Å². The number of halogens is 3. The molecule has 1 aromatic rings. The summed E-state index contributed by atoms with van der Waals surface area (Å²) in [5.74, 6) is -0.269. The molecular formula is C19H27Br2FN2O. The molecule has 0 aliphatic carbocycles. The lowest BCUT2D eigenvalue weighted by Crippen LogP contribution is -2.46. The first kappa shape index (κ1) is 20.8. The zero-order valence-electron chi connectivity index (χ0n) is 15.1. The first-order chi connectivity index (χ1) is 11.6. The fraction of sp³-hybridized carbons (Fsp3) is 0.632. The molecule has 1 aliphatic heterocycles. The SMILES string of the molecule is CC(C)(C)CCN1CCC(CNC(=O)c2cc(Br)cc(Br)c2)C(F)C1. The molecule has 0 saturated carbocycles. The van der Waals surface area contributed by atoms with Gasteiger partial charge >= 0.3 is 0 Å². The molecule has 1 N–H and O–H groups in total. The molecule has 3 nitrogen and oxygen atoms in total. The van der Waals surface area contributed by atoms with Crippen molar-refractivity contribution in [2.45, 2.75) is 39.8 Å². The number of nitrogens with one attached hydrogen (secondary N) is 1. The Morgan fingerprint density at radius 3 is 2.48 bits per heavy atom. The molecule has 0 aromatic heterocycles. The van der Waals surface area contributed by atoms with Gasteiger partial charge in [-0.05, 0) is 49.5 Å². The molecule has 0 radical (unpaired) electrons. The zero-order valence-corrected chi connectivity index (χ0v) is 18.3. The summed E-state index contributed by atoms with van der Waals surface area (Å²) in [6.45, 7) is 9.33. The van der Waals surface area contributed by atoms with Crippen LogP contribution in [0, 0.1) is 11.3 Å². The molecule has 1 aromatic carbocycles. The number of alkyl halides is 1. The number of hydrogen-bond acceptors (Lipinski definition) is 2. The molecular weight excluding hydrogens is 451 g/mol. The van der Waals surface area contributed by atoms with Crippen molar-refractivity contribution in [3.63, 3.8) is 0 Å². The summed E-state index contributed by atoms with van der Waals surface area (Å²) in [7, 11) is 0. The van der Waals surface area contributed by atoms with Crippen LogP contribution in [-0.2, 0) is 0 Å². The first-order valence-corrected chi connectivity index (χ1v) is 10.3. The summed E-state index contributed by atoms with van der Waals surface area (Å²) in [5, 5.41) is 2.89. The number of hydrogen-bond donors (Lipinski definition) is 1. The van der Waals surface area contributed by atoms with Crippen LogP contribution < -0.4 is 5.32 Å². The number of amides is 1. The number of likely N-dealkylation sites (tertiary alicyclic amines) is 1. The van der Waals surface area contributed by atoms with E-state index in [1.165, 1.54) is 0 Å². The maximum atomic E-state index is 14.5. The molecule has 1 aliphatic rings. The smallest absolute Gasteiger partial charge is 0.251 e. The second-order valence-corrected chi connectivity index (χ2v) is 9.88. The Labute approximate surface area is 167 Å². The summed E-state index contributed by atoms with van der Waals surface area (Å²) in [4.78, 5) is 14.5. The van der Waals surface area contributed by atoms with E-state index in [1.807, 2.05) is 6.07 Å². The third-order valence-electron chi connectivity index (χ3n) is 4.59. The van der Waals surface area contributed by atoms with E-state index in [4.69, 9.17) is 0 Å². The number of carbonyl (C=O) groups excluding carboxylic acids is 1. The van der Waals surface area contributed by atoms with Crippen LogP contribution in [0.3, 0.4) is 0 Å². The zero-order chi connectivity index (χ0) is 18.6. The van der Waals surface area contributed by atoms with Gasteiger partial charge in [0.25, 0.3) is 5.91 Å². The lowest BCUT2D eigenvalue weighted by Gasteiger charge is -2.36. The van der Waals surface area contributed by atoms with Crippen LogP contribution >= 0.6 is 31.9 Å². The average Bonchev–Trinajstić information content (AvgIpc) is 2.50. The standard InChI is InChI=1S/C19H27Br2FN2O/c1-19(2,3)5-7-24-6-4-13(17(22)12-24)11-23-18(25)14-8-15(20)10-16(21)9-14/h8-10,13,17H,4-7,11-12H2,1-3H3,(H,23,25). The summed E-state index contributed by atoms with van der Waals surface area (Å²) >= 11 is 6.76. The number of piperidine rings is 1. The Morgan fingerprint density at radius 1 is 1.28 bits per heavy atom. The van der Waals surface area contributed by atoms with Gasteiger partial charge in [-0.15, -0.1) is 0 Å². The van der Waals surface area contributed by atoms with Gasteiger partial charge in [-0.25, -0.2) is 4.39 Å². The van der Waals surface area contributed by atoms with Gasteiger partial charge in [-0.1, -0.05) is 52.6 Å². The highest BCUT2D eigenvalue weighted by molar-refractivity contribution is 9.11. The lowest BCUT2D eigenvalue weighted by atomic mass is 9.90. The van der Waals surface area contributed by atoms with E-state index in [-0.39, 0.29) is 17.2 Å². The molecule has 1 heterocycles. The third kappa shape index (κ3) is 6.99. The van der Waals surface area contributed by atoms with Crippen molar-refractivity contribution in [1.82, 2.24) is 10.2 Å². The molecule has 6 heteroatoms. The highest BCUT2D eigenvalue weighted by atomic mass is 79.9. The Balaban J connectivity index is 1.81. The van der Waals surface area contributed by atoms with Crippen molar-refractivity contribution in [2.75, 3.05) is 26.2 Å². The third-order valence-corrected chi connectivity index (χ3v) is 5.50. The van der Waals surface area contributed by atoms with Crippen molar-refractivity contribution in [2.24, 2.45) is 11.3 Å². The van der Waals surface area contributed by atoms with Gasteiger partial charge in [-0.3, -0.25) is 4.79 Å². The number of nitrogens with zero attached hydrogens (tertiary/aromatic N) is 1. The predicted molar refractivity (Wildman–Crippen MR) is 108 cm³/mol. The van der Waals surface area contributed by atoms with E-state index >= 15 is 0 Å². The van der Waals surface area contributed by atoms with Gasteiger partial charge in [0.05, 0.1) is 0 Å². The second kappa shape index (κ2) is 8.96. The van der Waals surface area contributed by atoms with Crippen LogP contribution in [0.4, 0.5) is 4.39 Å². The fourth-order valence-electron chi connectivity index (χ4n) is 2.95. The summed E-state index contributed by atoms with van der Waals surface area (Å²) in [6.07, 6.45) is 0.968. The molecule has 1 amide bonds. The minimum absolute atomic E-state index is 0.106. The molecule has 0 spiro atoms. The second-order valence-electron chi connectivity index (χ2n) is 8.04. The van der Waals surface area contributed by atoms with E-state index < -0.39 is 6.17 Å². The first-order valence-electron chi connectivity index (χ1n) is 8.75. The topological polar surface area (TPSA) is 32.3 Å². The Bertz CT molecular complexity index is 583. The average molecular weight is 478 g/mol. The lowest BCUT2D eigenvalue weighted by molar-refractivity contribution is 0.0724. The van der Waals surface area contributed by atoms with Crippen LogP contribution in [0.1, 0.15) is 44.0 Å². The molecule has 2 rings (SSSR count). The minimum Gasteiger partial charge on any atom is -0.352 e. The van der Waals surface area contributed by atoms with Gasteiger partial charge in [0.15, 0.2) is 0 Å². The number of carbonyl (C=O) groups is 1. The molecule has 140 valence electrons. The van der Waals surface area contributed by atoms with Crippen LogP contribution in [0.5, 0.6) is 0 Å². The van der Waals surface area contributed by atoms with Crippen molar-refractivity contribution >= 4 is 37.8 Å². The predicted octanol–water partition coefficient (Wildman–Crippen LogP) is 5.04. The Hall–Kier alpha value is -0.460. The summed E-state index contributed by atoms with van der Waals surface area (Å²) < 4.78 is 16.2. The Morgan fingerprint density at radius 2 is 1.92 bits per heavy atom. The molecule has 2 atom stereocenters. The summed E-state index contributed by atoms with van der Waals surface area (Å²) in [6, 6.07) is 5.41. The van der Waals surface area contributed by atoms with Gasteiger partial charge in [0.2, 0.25) is 0 Å². The fourth-order valence-corrected chi connectivity index (χ4v) is 4.25. The van der Waals surface area contributed by atoms with E-state index in [0.29, 0.717) is 18.7 Å². The highest BCUT2D eigenvalue weighted by Crippen LogP contribution is 2.24. The van der Waals surface area contributed by atoms with E-state index in [0.717, 1.165) is 34.9 Å². The summed E-state index contributed by atoms with van der Waals surface area (Å²) in [5.41, 5.74) is 0.841. The van der Waals surface area contributed by atoms with Gasteiger partial charge in [0, 0.05) is 33.5 Å². The van der Waals surface area contributed by atoms with E-state index in [9.17, 15) is 9.18 Å². The molecule has 1 fully saturated rings. The quantitative estimate of drug-likeness (QED) is 0.644. The van der Waals surface area contributed by atoms with Crippen LogP contribution in [0.25, 0.3) is 0 Å². The maximum absolute atomic E-state index is 14.5. The Kier molecular flexibility index (Phi) is 7.47. The number of benzene rings is 1. The molecule has 2 unspecified atom stereocenters. The maximum Gasteiger partial charge on any atom is 0.251 e. The largest absolute Gasteiger partial charge is 0.352 e. The van der Waals surface area contributed by atoms with Crippen molar-refractivity contribution < 1.29 is 9.18 Å². The van der Waals surface area contributed by atoms with Crippen molar-refractivity contribution in [3.8, 4) is 0 Å². The van der Waals surface area contributed by atoms with Crippen molar-refractivity contribution in [3.05, 3.63) is 32.7 Å². The molecule has 25 heavy (non-hydrogen) atoms. The van der Waals surface area contributed by atoms with Crippen LogP contribution in [0.15, 0.2) is 27.1 Å². The number of rotatable bonds is 5. The van der Waals surface area contributed by atoms with Gasteiger partial charge in [-0.2, -0.15) is 0 Å². The van der Waals surface area contributed by atoms with Crippen LogP contribution in [-0.4, -0.2) is 43.2 Å². The van der Waals surface area contributed by atoms with Crippen LogP contribution in [0.2, 0.25) is 0 Å². The normalized spacial score (nSPS) is 22.0. The molecule has 1 saturated heterocycles. The monoisotopic (exact) mass is 476 g/mol.